The van der Waals surface area contributed by atoms with E-state index in [4.69, 9.17) is 4.52 Å². The highest BCUT2D eigenvalue weighted by atomic mass is 32.1. The Kier molecular flexibility index (Phi) is 5.47. The molecule has 8 heteroatoms. The van der Waals surface area contributed by atoms with Crippen molar-refractivity contribution in [1.29, 1.82) is 0 Å². The van der Waals surface area contributed by atoms with Gasteiger partial charge in [0.15, 0.2) is 5.82 Å². The van der Waals surface area contributed by atoms with Crippen LogP contribution in [0, 0.1) is 19.8 Å². The number of carbonyl (C=O) groups excluding carboxylic acids is 1. The van der Waals surface area contributed by atoms with E-state index in [0.717, 1.165) is 59.9 Å². The van der Waals surface area contributed by atoms with Crippen LogP contribution in [-0.2, 0) is 6.42 Å². The minimum absolute atomic E-state index is 0.117. The van der Waals surface area contributed by atoms with Crippen molar-refractivity contribution in [3.05, 3.63) is 45.9 Å². The molecular formula is C20H23N5O2S. The molecule has 1 amide bonds. The molecule has 0 aromatic carbocycles. The number of aromatic nitrogens is 4. The Morgan fingerprint density at radius 3 is 3.00 bits per heavy atom. The molecule has 1 saturated heterocycles. The van der Waals surface area contributed by atoms with Crippen LogP contribution in [0.1, 0.15) is 45.5 Å². The molecule has 28 heavy (non-hydrogen) atoms. The number of nitrogens with zero attached hydrogens (tertiary/aromatic N) is 5. The number of piperidine rings is 1. The Balaban J connectivity index is 1.35. The standard InChI is InChI=1S/C20H23N5O2S/c1-13-18(28-14(2)22-13)20(26)25-10-4-5-15(12-25)7-8-17-23-19(27-24-17)16-6-3-9-21-11-16/h3,6,9,11,15H,4-5,7-8,10,12H2,1-2H3. The number of carbonyl (C=O) groups is 1. The highest BCUT2D eigenvalue weighted by molar-refractivity contribution is 7.13. The summed E-state index contributed by atoms with van der Waals surface area (Å²) in [7, 11) is 0. The SMILES string of the molecule is Cc1nc(C)c(C(=O)N2CCCC(CCc3noc(-c4cccnc4)n3)C2)s1. The smallest absolute Gasteiger partial charge is 0.265 e. The first-order valence-electron chi connectivity index (χ1n) is 9.56. The second-order valence-corrected chi connectivity index (χ2v) is 8.41. The van der Waals surface area contributed by atoms with E-state index < -0.39 is 0 Å². The van der Waals surface area contributed by atoms with Gasteiger partial charge in [-0.25, -0.2) is 4.98 Å². The Labute approximate surface area is 167 Å². The molecule has 1 aliphatic heterocycles. The number of aryl methyl sites for hydroxylation is 3. The van der Waals surface area contributed by atoms with Crippen LogP contribution in [0.3, 0.4) is 0 Å². The van der Waals surface area contributed by atoms with Gasteiger partial charge in [-0.05, 0) is 51.2 Å². The minimum Gasteiger partial charge on any atom is -0.338 e. The lowest BCUT2D eigenvalue weighted by atomic mass is 9.93. The summed E-state index contributed by atoms with van der Waals surface area (Å²) in [5.74, 6) is 1.77. The Bertz CT molecular complexity index is 953. The van der Waals surface area contributed by atoms with Gasteiger partial charge in [-0.15, -0.1) is 11.3 Å². The fourth-order valence-corrected chi connectivity index (χ4v) is 4.54. The second-order valence-electron chi connectivity index (χ2n) is 7.20. The van der Waals surface area contributed by atoms with Crippen molar-refractivity contribution in [2.75, 3.05) is 13.1 Å². The topological polar surface area (TPSA) is 85.0 Å². The first kappa shape index (κ1) is 18.7. The highest BCUT2D eigenvalue weighted by Crippen LogP contribution is 2.26. The zero-order valence-electron chi connectivity index (χ0n) is 16.1. The molecule has 4 heterocycles. The molecule has 1 fully saturated rings. The van der Waals surface area contributed by atoms with Gasteiger partial charge in [-0.1, -0.05) is 5.16 Å². The fourth-order valence-electron chi connectivity index (χ4n) is 3.65. The molecule has 146 valence electrons. The summed E-state index contributed by atoms with van der Waals surface area (Å²) >= 11 is 1.49. The average Bonchev–Trinajstić information content (AvgIpc) is 3.33. The fraction of sp³-hybridized carbons (Fsp3) is 0.450. The molecule has 1 atom stereocenters. The quantitative estimate of drug-likeness (QED) is 0.653. The summed E-state index contributed by atoms with van der Waals surface area (Å²) in [5, 5.41) is 5.03. The van der Waals surface area contributed by atoms with Gasteiger partial charge in [0.25, 0.3) is 11.8 Å². The lowest BCUT2D eigenvalue weighted by Crippen LogP contribution is -2.40. The van der Waals surface area contributed by atoms with E-state index in [1.807, 2.05) is 30.9 Å². The zero-order chi connectivity index (χ0) is 19.5. The van der Waals surface area contributed by atoms with E-state index in [9.17, 15) is 4.79 Å². The van der Waals surface area contributed by atoms with Crippen LogP contribution in [0.25, 0.3) is 11.5 Å². The summed E-state index contributed by atoms with van der Waals surface area (Å²) in [6.07, 6.45) is 7.26. The summed E-state index contributed by atoms with van der Waals surface area (Å²) in [5.41, 5.74) is 1.66. The number of hydrogen-bond donors (Lipinski definition) is 0. The second kappa shape index (κ2) is 8.18. The largest absolute Gasteiger partial charge is 0.338 e. The van der Waals surface area contributed by atoms with Crippen molar-refractivity contribution >= 4 is 17.2 Å². The van der Waals surface area contributed by atoms with E-state index >= 15 is 0 Å². The molecule has 4 rings (SSSR count). The molecule has 1 unspecified atom stereocenters. The van der Waals surface area contributed by atoms with Gasteiger partial charge in [0.05, 0.1) is 16.3 Å². The molecule has 0 aliphatic carbocycles. The van der Waals surface area contributed by atoms with Gasteiger partial charge in [0.2, 0.25) is 0 Å². The summed E-state index contributed by atoms with van der Waals surface area (Å²) in [4.78, 5) is 28.6. The van der Waals surface area contributed by atoms with E-state index in [2.05, 4.69) is 20.1 Å². The lowest BCUT2D eigenvalue weighted by molar-refractivity contribution is 0.0672. The number of rotatable bonds is 5. The van der Waals surface area contributed by atoms with Crippen molar-refractivity contribution < 1.29 is 9.32 Å². The van der Waals surface area contributed by atoms with Crippen molar-refractivity contribution in [1.82, 2.24) is 25.0 Å². The average molecular weight is 398 g/mol. The van der Waals surface area contributed by atoms with E-state index in [0.29, 0.717) is 17.6 Å². The minimum atomic E-state index is 0.117. The van der Waals surface area contributed by atoms with Crippen LogP contribution in [0.15, 0.2) is 29.0 Å². The predicted molar refractivity (Wildman–Crippen MR) is 106 cm³/mol. The van der Waals surface area contributed by atoms with Crippen LogP contribution < -0.4 is 0 Å². The van der Waals surface area contributed by atoms with Crippen LogP contribution in [0.4, 0.5) is 0 Å². The van der Waals surface area contributed by atoms with Gasteiger partial charge < -0.3 is 9.42 Å². The van der Waals surface area contributed by atoms with Crippen LogP contribution in [-0.4, -0.2) is 44.0 Å². The molecular weight excluding hydrogens is 374 g/mol. The normalized spacial score (nSPS) is 17.1. The summed E-state index contributed by atoms with van der Waals surface area (Å²) in [6, 6.07) is 3.75. The number of likely N-dealkylation sites (tertiary alicyclic amines) is 1. The molecule has 0 spiro atoms. The number of hydrogen-bond acceptors (Lipinski definition) is 7. The molecule has 0 bridgehead atoms. The molecule has 7 nitrogen and oxygen atoms in total. The van der Waals surface area contributed by atoms with Crippen molar-refractivity contribution in [3.63, 3.8) is 0 Å². The number of amides is 1. The lowest BCUT2D eigenvalue weighted by Gasteiger charge is -2.32. The summed E-state index contributed by atoms with van der Waals surface area (Å²) < 4.78 is 5.35. The third kappa shape index (κ3) is 4.11. The van der Waals surface area contributed by atoms with Crippen LogP contribution in [0.2, 0.25) is 0 Å². The van der Waals surface area contributed by atoms with E-state index in [-0.39, 0.29) is 5.91 Å². The van der Waals surface area contributed by atoms with Gasteiger partial charge in [-0.2, -0.15) is 4.98 Å². The maximum atomic E-state index is 12.9. The Morgan fingerprint density at radius 1 is 1.36 bits per heavy atom. The van der Waals surface area contributed by atoms with Crippen LogP contribution >= 0.6 is 11.3 Å². The summed E-state index contributed by atoms with van der Waals surface area (Å²) in [6.45, 7) is 5.45. The number of thiazole rings is 1. The Hall–Kier alpha value is -2.61. The van der Waals surface area contributed by atoms with Crippen molar-refractivity contribution in [2.45, 2.75) is 39.5 Å². The molecule has 3 aromatic heterocycles. The first-order valence-corrected chi connectivity index (χ1v) is 10.4. The highest BCUT2D eigenvalue weighted by Gasteiger charge is 2.27. The van der Waals surface area contributed by atoms with E-state index in [1.165, 1.54) is 11.3 Å². The van der Waals surface area contributed by atoms with Gasteiger partial charge in [0.1, 0.15) is 4.88 Å². The monoisotopic (exact) mass is 397 g/mol. The third-order valence-electron chi connectivity index (χ3n) is 5.06. The molecule has 0 N–H and O–H groups in total. The molecule has 3 aromatic rings. The van der Waals surface area contributed by atoms with Gasteiger partial charge in [0, 0.05) is 31.9 Å². The van der Waals surface area contributed by atoms with Gasteiger partial charge in [-0.3, -0.25) is 9.78 Å². The number of pyridine rings is 1. The maximum absolute atomic E-state index is 12.9. The molecule has 0 radical (unpaired) electrons. The predicted octanol–water partition coefficient (Wildman–Crippen LogP) is 3.69. The molecule has 0 saturated carbocycles. The van der Waals surface area contributed by atoms with Gasteiger partial charge >= 0.3 is 0 Å². The zero-order valence-corrected chi connectivity index (χ0v) is 16.9. The maximum Gasteiger partial charge on any atom is 0.265 e. The van der Waals surface area contributed by atoms with E-state index in [1.54, 1.807) is 12.4 Å². The molecule has 1 aliphatic rings. The third-order valence-corrected chi connectivity index (χ3v) is 6.12. The Morgan fingerprint density at radius 2 is 2.25 bits per heavy atom. The van der Waals surface area contributed by atoms with Crippen molar-refractivity contribution in [3.8, 4) is 11.5 Å². The van der Waals surface area contributed by atoms with Crippen molar-refractivity contribution in [2.24, 2.45) is 5.92 Å². The first-order chi connectivity index (χ1) is 13.6. The van der Waals surface area contributed by atoms with Crippen LogP contribution in [0.5, 0.6) is 0 Å².